The molecule has 1 aromatic heterocycles. The summed E-state index contributed by atoms with van der Waals surface area (Å²) in [5.74, 6) is 0. The maximum Gasteiger partial charge on any atom is 0.0910 e. The lowest BCUT2D eigenvalue weighted by molar-refractivity contribution is 0.0576. The number of aromatic nitrogens is 1. The van der Waals surface area contributed by atoms with Crippen molar-refractivity contribution >= 4 is 5.69 Å². The van der Waals surface area contributed by atoms with Crippen LogP contribution in [0.5, 0.6) is 0 Å². The van der Waals surface area contributed by atoms with Gasteiger partial charge in [-0.2, -0.15) is 0 Å². The molecule has 0 saturated carbocycles. The van der Waals surface area contributed by atoms with E-state index in [1.54, 1.807) is 18.5 Å². The topological polar surface area (TPSA) is 59.1 Å². The van der Waals surface area contributed by atoms with E-state index in [0.717, 1.165) is 11.1 Å². The van der Waals surface area contributed by atoms with Crippen molar-refractivity contribution in [3.05, 3.63) is 58.9 Å². The summed E-state index contributed by atoms with van der Waals surface area (Å²) < 4.78 is 0. The molecule has 0 saturated heterocycles. The van der Waals surface area contributed by atoms with Gasteiger partial charge in [0.25, 0.3) is 0 Å². The fourth-order valence-corrected chi connectivity index (χ4v) is 2.13. The number of nitrogens with zero attached hydrogens (tertiary/aromatic N) is 1. The number of hydrogen-bond donors (Lipinski definition) is 2. The van der Waals surface area contributed by atoms with Crippen molar-refractivity contribution in [3.8, 4) is 0 Å². The van der Waals surface area contributed by atoms with Gasteiger partial charge >= 0.3 is 0 Å². The summed E-state index contributed by atoms with van der Waals surface area (Å²) in [4.78, 5) is 4.06. The molecule has 0 fully saturated rings. The number of rotatable bonds is 3. The molecular formula is C16H20N2O. The average molecular weight is 256 g/mol. The molecule has 0 radical (unpaired) electrons. The minimum atomic E-state index is -0.949. The number of nitrogens with two attached hydrogens (primary N) is 1. The van der Waals surface area contributed by atoms with Crippen molar-refractivity contribution in [1.82, 2.24) is 4.98 Å². The van der Waals surface area contributed by atoms with Crippen molar-refractivity contribution in [2.45, 2.75) is 32.8 Å². The van der Waals surface area contributed by atoms with Crippen LogP contribution in [-0.2, 0) is 12.0 Å². The Morgan fingerprint density at radius 3 is 2.58 bits per heavy atom. The van der Waals surface area contributed by atoms with Crippen molar-refractivity contribution in [2.24, 2.45) is 0 Å². The Bertz CT molecular complexity index is 591. The quantitative estimate of drug-likeness (QED) is 0.887. The first kappa shape index (κ1) is 13.6. The lowest BCUT2D eigenvalue weighted by Crippen LogP contribution is -2.25. The number of benzene rings is 1. The summed E-state index contributed by atoms with van der Waals surface area (Å²) >= 11 is 0. The van der Waals surface area contributed by atoms with E-state index >= 15 is 0 Å². The molecule has 0 aliphatic carbocycles. The summed E-state index contributed by atoms with van der Waals surface area (Å²) in [5, 5.41) is 10.7. The number of aliphatic hydroxyl groups is 1. The van der Waals surface area contributed by atoms with Crippen LogP contribution in [0.25, 0.3) is 0 Å². The minimum Gasteiger partial charge on any atom is -0.398 e. The van der Waals surface area contributed by atoms with Gasteiger partial charge in [-0.3, -0.25) is 4.98 Å². The number of anilines is 1. The maximum atomic E-state index is 10.7. The first-order chi connectivity index (χ1) is 8.90. The van der Waals surface area contributed by atoms with Gasteiger partial charge in [0.05, 0.1) is 5.60 Å². The van der Waals surface area contributed by atoms with Gasteiger partial charge in [-0.15, -0.1) is 0 Å². The molecule has 0 amide bonds. The van der Waals surface area contributed by atoms with Crippen LogP contribution in [-0.4, -0.2) is 10.1 Å². The van der Waals surface area contributed by atoms with Gasteiger partial charge < -0.3 is 10.8 Å². The molecular weight excluding hydrogens is 236 g/mol. The van der Waals surface area contributed by atoms with Gasteiger partial charge in [0.15, 0.2) is 0 Å². The maximum absolute atomic E-state index is 10.7. The van der Waals surface area contributed by atoms with Crippen LogP contribution < -0.4 is 5.73 Å². The van der Waals surface area contributed by atoms with Crippen LogP contribution in [0.15, 0.2) is 36.7 Å². The van der Waals surface area contributed by atoms with E-state index in [2.05, 4.69) is 11.9 Å². The molecule has 1 heterocycles. The highest BCUT2D eigenvalue weighted by molar-refractivity contribution is 5.46. The van der Waals surface area contributed by atoms with E-state index in [1.165, 1.54) is 11.1 Å². The second-order valence-electron chi connectivity index (χ2n) is 5.32. The summed E-state index contributed by atoms with van der Waals surface area (Å²) in [7, 11) is 0. The van der Waals surface area contributed by atoms with Crippen molar-refractivity contribution < 1.29 is 5.11 Å². The normalized spacial score (nSPS) is 14.1. The van der Waals surface area contributed by atoms with E-state index in [4.69, 9.17) is 5.73 Å². The molecule has 19 heavy (non-hydrogen) atoms. The van der Waals surface area contributed by atoms with E-state index in [-0.39, 0.29) is 0 Å². The Morgan fingerprint density at radius 1 is 1.21 bits per heavy atom. The van der Waals surface area contributed by atoms with Crippen LogP contribution in [0.2, 0.25) is 0 Å². The first-order valence-electron chi connectivity index (χ1n) is 6.38. The van der Waals surface area contributed by atoms with Crippen LogP contribution in [0.1, 0.15) is 29.2 Å². The molecule has 2 rings (SSSR count). The highest BCUT2D eigenvalue weighted by Gasteiger charge is 2.24. The SMILES string of the molecule is Cc1ccc(C(C)(O)Cc2cnccc2N)cc1C. The number of nitrogen functional groups attached to an aromatic ring is 1. The Hall–Kier alpha value is -1.87. The lowest BCUT2D eigenvalue weighted by Gasteiger charge is -2.25. The third-order valence-corrected chi connectivity index (χ3v) is 3.60. The van der Waals surface area contributed by atoms with E-state index in [1.807, 2.05) is 32.0 Å². The summed E-state index contributed by atoms with van der Waals surface area (Å²) in [6, 6.07) is 7.79. The Morgan fingerprint density at radius 2 is 1.95 bits per heavy atom. The lowest BCUT2D eigenvalue weighted by atomic mass is 9.87. The molecule has 1 aromatic carbocycles. The van der Waals surface area contributed by atoms with Crippen LogP contribution >= 0.6 is 0 Å². The molecule has 0 aliphatic rings. The second-order valence-corrected chi connectivity index (χ2v) is 5.32. The molecule has 3 heteroatoms. The largest absolute Gasteiger partial charge is 0.398 e. The molecule has 2 aromatic rings. The van der Waals surface area contributed by atoms with E-state index in [0.29, 0.717) is 12.1 Å². The molecule has 3 N–H and O–H groups in total. The number of aryl methyl sites for hydroxylation is 2. The van der Waals surface area contributed by atoms with E-state index < -0.39 is 5.60 Å². The zero-order valence-corrected chi connectivity index (χ0v) is 11.6. The van der Waals surface area contributed by atoms with Gasteiger partial charge in [0.1, 0.15) is 0 Å². The first-order valence-corrected chi connectivity index (χ1v) is 6.38. The third kappa shape index (κ3) is 2.93. The fourth-order valence-electron chi connectivity index (χ4n) is 2.13. The van der Waals surface area contributed by atoms with Crippen molar-refractivity contribution in [2.75, 3.05) is 5.73 Å². The smallest absolute Gasteiger partial charge is 0.0910 e. The third-order valence-electron chi connectivity index (χ3n) is 3.60. The van der Waals surface area contributed by atoms with Crippen LogP contribution in [0, 0.1) is 13.8 Å². The molecule has 1 unspecified atom stereocenters. The monoisotopic (exact) mass is 256 g/mol. The fraction of sp³-hybridized carbons (Fsp3) is 0.312. The molecule has 0 aliphatic heterocycles. The Kier molecular flexibility index (Phi) is 3.58. The van der Waals surface area contributed by atoms with Crippen LogP contribution in [0.3, 0.4) is 0 Å². The summed E-state index contributed by atoms with van der Waals surface area (Å²) in [5.41, 5.74) is 9.79. The number of hydrogen-bond acceptors (Lipinski definition) is 3. The van der Waals surface area contributed by atoms with E-state index in [9.17, 15) is 5.11 Å². The van der Waals surface area contributed by atoms with Gasteiger partial charge in [-0.25, -0.2) is 0 Å². The number of pyridine rings is 1. The van der Waals surface area contributed by atoms with Crippen LogP contribution in [0.4, 0.5) is 5.69 Å². The average Bonchev–Trinajstić information content (AvgIpc) is 2.35. The highest BCUT2D eigenvalue weighted by atomic mass is 16.3. The minimum absolute atomic E-state index is 0.454. The summed E-state index contributed by atoms with van der Waals surface area (Å²) in [6.07, 6.45) is 3.82. The second kappa shape index (κ2) is 5.02. The molecule has 100 valence electrons. The molecule has 3 nitrogen and oxygen atoms in total. The standard InChI is InChI=1S/C16H20N2O/c1-11-4-5-14(8-12(11)2)16(3,19)9-13-10-18-7-6-15(13)17/h4-8,10,19H,9H2,1-3H3,(H2,17,18). The molecule has 0 bridgehead atoms. The van der Waals surface area contributed by atoms with Crippen molar-refractivity contribution in [1.29, 1.82) is 0 Å². The molecule has 0 spiro atoms. The predicted octanol–water partition coefficient (Wildman–Crippen LogP) is 2.73. The van der Waals surface area contributed by atoms with Gasteiger partial charge in [0, 0.05) is 24.5 Å². The Balaban J connectivity index is 2.32. The highest BCUT2D eigenvalue weighted by Crippen LogP contribution is 2.28. The predicted molar refractivity (Wildman–Crippen MR) is 77.8 cm³/mol. The summed E-state index contributed by atoms with van der Waals surface area (Å²) in [6.45, 7) is 5.92. The van der Waals surface area contributed by atoms with Gasteiger partial charge in [-0.05, 0) is 49.1 Å². The Labute approximate surface area is 114 Å². The zero-order chi connectivity index (χ0) is 14.0. The van der Waals surface area contributed by atoms with Crippen molar-refractivity contribution in [3.63, 3.8) is 0 Å². The van der Waals surface area contributed by atoms with Gasteiger partial charge in [-0.1, -0.05) is 18.2 Å². The van der Waals surface area contributed by atoms with Gasteiger partial charge in [0.2, 0.25) is 0 Å². The molecule has 1 atom stereocenters. The zero-order valence-electron chi connectivity index (χ0n) is 11.6.